The van der Waals surface area contributed by atoms with Gasteiger partial charge in [0.15, 0.2) is 5.75 Å². The predicted molar refractivity (Wildman–Crippen MR) is 187 cm³/mol. The third kappa shape index (κ3) is 8.98. The molecule has 274 valence electrons. The van der Waals surface area contributed by atoms with Gasteiger partial charge >= 0.3 is 5.97 Å². The van der Waals surface area contributed by atoms with Crippen LogP contribution in [-0.4, -0.2) is 81.9 Å². The van der Waals surface area contributed by atoms with Gasteiger partial charge in [-0.05, 0) is 97.1 Å². The summed E-state index contributed by atoms with van der Waals surface area (Å²) in [5.41, 5.74) is 13.2. The second-order valence-electron chi connectivity index (χ2n) is 14.1. The first-order valence-electron chi connectivity index (χ1n) is 17.3. The molecule has 2 aromatic carbocycles. The number of benzene rings is 2. The van der Waals surface area contributed by atoms with Crippen LogP contribution in [-0.2, 0) is 34.8 Å². The van der Waals surface area contributed by atoms with Crippen LogP contribution >= 0.6 is 7.37 Å². The highest BCUT2D eigenvalue weighted by atomic mass is 31.2. The number of nitrogens with two attached hydrogens (primary N) is 2. The SMILES string of the molecule is CC12CCC3c4ccc(OP(C)(C)=O)cc4CCC3C1CCC2OCCC(=O)NCCOCCOCC(=O)Oc1ccc(N)c(O)c1C(N)=O. The van der Waals surface area contributed by atoms with Gasteiger partial charge in [-0.1, -0.05) is 13.0 Å². The molecule has 14 heteroatoms. The van der Waals surface area contributed by atoms with Crippen LogP contribution in [0.25, 0.3) is 0 Å². The van der Waals surface area contributed by atoms with E-state index in [4.69, 9.17) is 34.9 Å². The number of hydrogen-bond acceptors (Lipinski definition) is 11. The molecule has 6 N–H and O–H groups in total. The molecule has 2 saturated carbocycles. The maximum atomic E-state index is 12.5. The predicted octanol–water partition coefficient (Wildman–Crippen LogP) is 4.38. The lowest BCUT2D eigenvalue weighted by atomic mass is 9.55. The van der Waals surface area contributed by atoms with Gasteiger partial charge in [-0.2, -0.15) is 0 Å². The number of amides is 2. The van der Waals surface area contributed by atoms with Crippen LogP contribution in [0.4, 0.5) is 5.69 Å². The monoisotopic (exact) mass is 715 g/mol. The summed E-state index contributed by atoms with van der Waals surface area (Å²) in [5.74, 6) is -0.221. The molecule has 2 fully saturated rings. The van der Waals surface area contributed by atoms with Gasteiger partial charge in [0.1, 0.15) is 23.7 Å². The normalized spacial score (nSPS) is 24.1. The Hall–Kier alpha value is -3.64. The minimum absolute atomic E-state index is 0.0755. The van der Waals surface area contributed by atoms with Crippen LogP contribution in [0.3, 0.4) is 0 Å². The van der Waals surface area contributed by atoms with Crippen LogP contribution < -0.4 is 26.0 Å². The van der Waals surface area contributed by atoms with Gasteiger partial charge in [-0.25, -0.2) is 4.79 Å². The number of phenols is 1. The molecule has 3 aliphatic rings. The number of rotatable bonds is 16. The minimum Gasteiger partial charge on any atom is -0.505 e. The number of fused-ring (bicyclic) bond motifs is 5. The second kappa shape index (κ2) is 16.1. The Kier molecular flexibility index (Phi) is 12.1. The standard InChI is InChI=1S/C36H50N3O10P/c1-36-14-12-25-24-7-5-23(49-50(2,3)44)20-22(24)4-6-26(25)27(36)8-11-30(36)47-16-13-31(40)39-15-17-45-18-19-46-21-32(41)48-29-10-9-28(37)34(42)33(29)35(38)43/h5,7,9-10,20,25-27,30,42H,4,6,8,11-19,21,37H2,1-3H3,(H2,38,43)(H,39,40). The van der Waals surface area contributed by atoms with E-state index in [-0.39, 0.29) is 60.7 Å². The Morgan fingerprint density at radius 2 is 1.80 bits per heavy atom. The first-order valence-corrected chi connectivity index (χ1v) is 19.8. The van der Waals surface area contributed by atoms with Crippen molar-refractivity contribution in [2.45, 2.75) is 63.9 Å². The highest BCUT2D eigenvalue weighted by molar-refractivity contribution is 7.57. The van der Waals surface area contributed by atoms with Gasteiger partial charge in [-0.15, -0.1) is 0 Å². The third-order valence-electron chi connectivity index (χ3n) is 10.4. The van der Waals surface area contributed by atoms with Gasteiger partial charge in [0.25, 0.3) is 5.91 Å². The number of nitrogen functional groups attached to an aromatic ring is 1. The number of carbonyl (C=O) groups excluding carboxylic acids is 3. The fraction of sp³-hybridized carbons (Fsp3) is 0.583. The van der Waals surface area contributed by atoms with Gasteiger partial charge in [-0.3, -0.25) is 14.2 Å². The molecule has 3 aliphatic carbocycles. The van der Waals surface area contributed by atoms with Gasteiger partial charge in [0.2, 0.25) is 13.3 Å². The van der Waals surface area contributed by atoms with Crippen molar-refractivity contribution in [3.8, 4) is 17.2 Å². The zero-order valence-corrected chi connectivity index (χ0v) is 30.0. The summed E-state index contributed by atoms with van der Waals surface area (Å²) >= 11 is 0. The smallest absolute Gasteiger partial charge is 0.337 e. The largest absolute Gasteiger partial charge is 0.505 e. The number of carbonyl (C=O) groups is 3. The Balaban J connectivity index is 0.949. The number of aryl methyl sites for hydroxylation is 1. The van der Waals surface area contributed by atoms with E-state index in [1.807, 2.05) is 6.07 Å². The van der Waals surface area contributed by atoms with Crippen LogP contribution in [0, 0.1) is 17.3 Å². The number of aromatic hydroxyl groups is 1. The maximum Gasteiger partial charge on any atom is 0.337 e. The highest BCUT2D eigenvalue weighted by Gasteiger charge is 2.55. The maximum absolute atomic E-state index is 12.5. The number of hydrogen-bond donors (Lipinski definition) is 4. The van der Waals surface area contributed by atoms with Crippen LogP contribution in [0.1, 0.15) is 72.9 Å². The molecular formula is C36H50N3O10P. The Bertz CT molecular complexity index is 1610. The molecular weight excluding hydrogens is 665 g/mol. The molecule has 2 amide bonds. The molecule has 5 rings (SSSR count). The molecule has 0 aliphatic heterocycles. The Morgan fingerprint density at radius 3 is 2.56 bits per heavy atom. The minimum atomic E-state index is -2.60. The summed E-state index contributed by atoms with van der Waals surface area (Å²) in [7, 11) is -2.60. The second-order valence-corrected chi connectivity index (χ2v) is 16.8. The third-order valence-corrected chi connectivity index (χ3v) is 11.0. The molecule has 0 spiro atoms. The molecule has 13 nitrogen and oxygen atoms in total. The fourth-order valence-electron chi connectivity index (χ4n) is 8.18. The zero-order chi connectivity index (χ0) is 36.1. The molecule has 0 saturated heterocycles. The molecule has 0 bridgehead atoms. The number of primary amides is 1. The van der Waals surface area contributed by atoms with E-state index in [9.17, 15) is 24.1 Å². The van der Waals surface area contributed by atoms with Crippen molar-refractivity contribution < 1.29 is 47.5 Å². The zero-order valence-electron chi connectivity index (χ0n) is 29.1. The highest BCUT2D eigenvalue weighted by Crippen LogP contribution is 2.61. The molecule has 0 heterocycles. The summed E-state index contributed by atoms with van der Waals surface area (Å²) in [4.78, 5) is 36.1. The van der Waals surface area contributed by atoms with E-state index < -0.39 is 31.6 Å². The Labute approximate surface area is 293 Å². The fourth-order valence-corrected chi connectivity index (χ4v) is 8.80. The van der Waals surface area contributed by atoms with E-state index in [1.54, 1.807) is 13.3 Å². The van der Waals surface area contributed by atoms with E-state index in [2.05, 4.69) is 24.4 Å². The van der Waals surface area contributed by atoms with Crippen LogP contribution in [0.5, 0.6) is 17.2 Å². The van der Waals surface area contributed by atoms with E-state index in [1.165, 1.54) is 23.3 Å². The lowest BCUT2D eigenvalue weighted by molar-refractivity contribution is -0.140. The van der Waals surface area contributed by atoms with Crippen molar-refractivity contribution >= 4 is 30.8 Å². The quantitative estimate of drug-likeness (QED) is 0.0481. The lowest BCUT2D eigenvalue weighted by Gasteiger charge is -2.50. The number of ether oxygens (including phenoxy) is 4. The number of esters is 1. The van der Waals surface area contributed by atoms with Crippen molar-refractivity contribution in [2.75, 3.05) is 58.6 Å². The molecule has 50 heavy (non-hydrogen) atoms. The van der Waals surface area contributed by atoms with Gasteiger partial charge in [0, 0.05) is 26.3 Å². The summed E-state index contributed by atoms with van der Waals surface area (Å²) in [6.45, 7) is 6.51. The Morgan fingerprint density at radius 1 is 1.02 bits per heavy atom. The van der Waals surface area contributed by atoms with Crippen molar-refractivity contribution in [1.82, 2.24) is 5.32 Å². The molecule has 5 atom stereocenters. The van der Waals surface area contributed by atoms with Crippen molar-refractivity contribution in [2.24, 2.45) is 23.0 Å². The van der Waals surface area contributed by atoms with E-state index >= 15 is 0 Å². The molecule has 2 aromatic rings. The summed E-state index contributed by atoms with van der Waals surface area (Å²) in [6.07, 6.45) is 6.94. The first-order chi connectivity index (χ1) is 23.8. The molecule has 0 radical (unpaired) electrons. The topological polar surface area (TPSA) is 199 Å². The lowest BCUT2D eigenvalue weighted by Crippen LogP contribution is -2.45. The van der Waals surface area contributed by atoms with Crippen LogP contribution in [0.15, 0.2) is 30.3 Å². The molecule has 0 aromatic heterocycles. The van der Waals surface area contributed by atoms with Crippen molar-refractivity contribution in [1.29, 1.82) is 0 Å². The first kappa shape index (κ1) is 37.6. The average molecular weight is 716 g/mol. The summed E-state index contributed by atoms with van der Waals surface area (Å²) in [5, 5.41) is 12.8. The van der Waals surface area contributed by atoms with Crippen molar-refractivity contribution in [3.63, 3.8) is 0 Å². The summed E-state index contributed by atoms with van der Waals surface area (Å²) in [6, 6.07) is 8.81. The average Bonchev–Trinajstić information content (AvgIpc) is 3.39. The van der Waals surface area contributed by atoms with E-state index in [0.717, 1.165) is 38.5 Å². The van der Waals surface area contributed by atoms with Crippen molar-refractivity contribution in [3.05, 3.63) is 47.0 Å². The van der Waals surface area contributed by atoms with E-state index in [0.29, 0.717) is 36.7 Å². The number of nitrogens with one attached hydrogen (secondary N) is 1. The number of anilines is 1. The molecule has 5 unspecified atom stereocenters. The van der Waals surface area contributed by atoms with Crippen LogP contribution in [0.2, 0.25) is 0 Å². The summed E-state index contributed by atoms with van der Waals surface area (Å²) < 4.78 is 40.0. The van der Waals surface area contributed by atoms with Gasteiger partial charge < -0.3 is 45.4 Å². The van der Waals surface area contributed by atoms with Gasteiger partial charge in [0.05, 0.1) is 38.2 Å².